The highest BCUT2D eigenvalue weighted by Gasteiger charge is 2.12. The highest BCUT2D eigenvalue weighted by atomic mass is 79.9. The Balaban J connectivity index is 0.00000289. The Bertz CT molecular complexity index is 361. The number of ether oxygens (including phenoxy) is 2. The molecule has 0 spiro atoms. The number of halogens is 2. The number of hydrogen-bond acceptors (Lipinski definition) is 3. The van der Waals surface area contributed by atoms with Crippen LogP contribution < -0.4 is 14.8 Å². The van der Waals surface area contributed by atoms with Gasteiger partial charge in [0, 0.05) is 16.6 Å². The fourth-order valence-electron chi connectivity index (χ4n) is 1.53. The van der Waals surface area contributed by atoms with E-state index in [1.165, 1.54) is 0 Å². The SMILES string of the molecule is CCCOc1c(CNCC)cc(Br)cc1OC.Cl. The van der Waals surface area contributed by atoms with E-state index in [-0.39, 0.29) is 12.4 Å². The lowest BCUT2D eigenvalue weighted by Gasteiger charge is -2.15. The summed E-state index contributed by atoms with van der Waals surface area (Å²) in [5, 5.41) is 3.30. The Kier molecular flexibility index (Phi) is 9.24. The van der Waals surface area contributed by atoms with E-state index in [0.29, 0.717) is 6.61 Å². The highest BCUT2D eigenvalue weighted by Crippen LogP contribution is 2.34. The summed E-state index contributed by atoms with van der Waals surface area (Å²) in [5.74, 6) is 1.62. The van der Waals surface area contributed by atoms with Gasteiger partial charge in [0.2, 0.25) is 0 Å². The van der Waals surface area contributed by atoms with Crippen LogP contribution in [-0.2, 0) is 6.54 Å². The fraction of sp³-hybridized carbons (Fsp3) is 0.538. The first-order chi connectivity index (χ1) is 8.22. The van der Waals surface area contributed by atoms with Crippen LogP contribution in [0.4, 0.5) is 0 Å². The summed E-state index contributed by atoms with van der Waals surface area (Å²) >= 11 is 3.48. The van der Waals surface area contributed by atoms with Gasteiger partial charge < -0.3 is 14.8 Å². The third-order valence-electron chi connectivity index (χ3n) is 2.33. The molecule has 0 unspecified atom stereocenters. The summed E-state index contributed by atoms with van der Waals surface area (Å²) < 4.78 is 12.1. The van der Waals surface area contributed by atoms with Gasteiger partial charge in [-0.25, -0.2) is 0 Å². The van der Waals surface area contributed by atoms with Gasteiger partial charge in [-0.3, -0.25) is 0 Å². The molecule has 0 radical (unpaired) electrons. The second kappa shape index (κ2) is 9.48. The summed E-state index contributed by atoms with van der Waals surface area (Å²) in [4.78, 5) is 0. The van der Waals surface area contributed by atoms with E-state index in [2.05, 4.69) is 41.2 Å². The molecule has 104 valence electrons. The van der Waals surface area contributed by atoms with Gasteiger partial charge in [0.1, 0.15) is 0 Å². The minimum atomic E-state index is 0. The van der Waals surface area contributed by atoms with E-state index in [1.54, 1.807) is 7.11 Å². The monoisotopic (exact) mass is 337 g/mol. The van der Waals surface area contributed by atoms with Crippen molar-refractivity contribution in [2.24, 2.45) is 0 Å². The molecule has 1 rings (SSSR count). The molecule has 0 saturated carbocycles. The van der Waals surface area contributed by atoms with Crippen LogP contribution in [0.15, 0.2) is 16.6 Å². The van der Waals surface area contributed by atoms with Gasteiger partial charge in [-0.2, -0.15) is 0 Å². The van der Waals surface area contributed by atoms with Crippen molar-refractivity contribution in [1.29, 1.82) is 0 Å². The molecule has 0 aliphatic heterocycles. The molecule has 0 amide bonds. The largest absolute Gasteiger partial charge is 0.493 e. The molecule has 0 aromatic heterocycles. The Morgan fingerprint density at radius 1 is 1.28 bits per heavy atom. The number of nitrogens with one attached hydrogen (secondary N) is 1. The number of rotatable bonds is 7. The van der Waals surface area contributed by atoms with Crippen LogP contribution in [0.25, 0.3) is 0 Å². The Morgan fingerprint density at radius 3 is 2.56 bits per heavy atom. The second-order valence-corrected chi connectivity index (χ2v) is 4.64. The quantitative estimate of drug-likeness (QED) is 0.821. The van der Waals surface area contributed by atoms with Crippen molar-refractivity contribution < 1.29 is 9.47 Å². The number of methoxy groups -OCH3 is 1. The van der Waals surface area contributed by atoms with Crippen molar-refractivity contribution in [2.45, 2.75) is 26.8 Å². The molecular formula is C13H21BrClNO2. The van der Waals surface area contributed by atoms with Crippen molar-refractivity contribution in [1.82, 2.24) is 5.32 Å². The minimum Gasteiger partial charge on any atom is -0.493 e. The van der Waals surface area contributed by atoms with Gasteiger partial charge in [-0.15, -0.1) is 12.4 Å². The number of benzene rings is 1. The third kappa shape index (κ3) is 5.04. The zero-order valence-electron chi connectivity index (χ0n) is 11.1. The average molecular weight is 339 g/mol. The first-order valence-electron chi connectivity index (χ1n) is 5.92. The van der Waals surface area contributed by atoms with Crippen LogP contribution in [0, 0.1) is 0 Å². The van der Waals surface area contributed by atoms with Crippen LogP contribution in [-0.4, -0.2) is 20.3 Å². The molecule has 0 heterocycles. The van der Waals surface area contributed by atoms with Gasteiger partial charge in [0.05, 0.1) is 13.7 Å². The summed E-state index contributed by atoms with van der Waals surface area (Å²) in [6.07, 6.45) is 0.986. The molecular weight excluding hydrogens is 318 g/mol. The lowest BCUT2D eigenvalue weighted by molar-refractivity contribution is 0.290. The molecule has 0 bridgehead atoms. The highest BCUT2D eigenvalue weighted by molar-refractivity contribution is 9.10. The van der Waals surface area contributed by atoms with Gasteiger partial charge in [-0.05, 0) is 25.1 Å². The van der Waals surface area contributed by atoms with E-state index in [0.717, 1.165) is 41.0 Å². The molecule has 5 heteroatoms. The molecule has 1 aromatic carbocycles. The molecule has 18 heavy (non-hydrogen) atoms. The standard InChI is InChI=1S/C13H20BrNO2.ClH/c1-4-6-17-13-10(9-15-5-2)7-11(14)8-12(13)16-3;/h7-8,15H,4-6,9H2,1-3H3;1H. The van der Waals surface area contributed by atoms with Crippen molar-refractivity contribution in [3.8, 4) is 11.5 Å². The molecule has 0 aliphatic rings. The molecule has 0 atom stereocenters. The zero-order chi connectivity index (χ0) is 12.7. The summed E-state index contributed by atoms with van der Waals surface area (Å²) in [6, 6.07) is 4.00. The lowest BCUT2D eigenvalue weighted by Crippen LogP contribution is -2.13. The van der Waals surface area contributed by atoms with Gasteiger partial charge >= 0.3 is 0 Å². The minimum absolute atomic E-state index is 0. The second-order valence-electron chi connectivity index (χ2n) is 3.73. The molecule has 1 aromatic rings. The Labute approximate surface area is 124 Å². The molecule has 3 nitrogen and oxygen atoms in total. The van der Waals surface area contributed by atoms with Gasteiger partial charge in [0.15, 0.2) is 11.5 Å². The van der Waals surface area contributed by atoms with Crippen molar-refractivity contribution in [3.05, 3.63) is 22.2 Å². The number of hydrogen-bond donors (Lipinski definition) is 1. The fourth-order valence-corrected chi connectivity index (χ4v) is 2.02. The maximum atomic E-state index is 5.77. The maximum absolute atomic E-state index is 5.77. The van der Waals surface area contributed by atoms with Crippen molar-refractivity contribution in [2.75, 3.05) is 20.3 Å². The van der Waals surface area contributed by atoms with Crippen molar-refractivity contribution in [3.63, 3.8) is 0 Å². The van der Waals surface area contributed by atoms with Crippen LogP contribution in [0.1, 0.15) is 25.8 Å². The van der Waals surface area contributed by atoms with Crippen LogP contribution in [0.2, 0.25) is 0 Å². The summed E-state index contributed by atoms with van der Waals surface area (Å²) in [7, 11) is 1.66. The topological polar surface area (TPSA) is 30.5 Å². The van der Waals surface area contributed by atoms with E-state index in [4.69, 9.17) is 9.47 Å². The van der Waals surface area contributed by atoms with E-state index >= 15 is 0 Å². The smallest absolute Gasteiger partial charge is 0.165 e. The zero-order valence-corrected chi connectivity index (χ0v) is 13.5. The predicted molar refractivity (Wildman–Crippen MR) is 81.1 cm³/mol. The first-order valence-corrected chi connectivity index (χ1v) is 6.72. The summed E-state index contributed by atoms with van der Waals surface area (Å²) in [6.45, 7) is 6.60. The van der Waals surface area contributed by atoms with E-state index in [9.17, 15) is 0 Å². The summed E-state index contributed by atoms with van der Waals surface area (Å²) in [5.41, 5.74) is 1.12. The molecule has 0 aliphatic carbocycles. The van der Waals surface area contributed by atoms with Crippen molar-refractivity contribution >= 4 is 28.3 Å². The average Bonchev–Trinajstić information content (AvgIpc) is 2.34. The van der Waals surface area contributed by atoms with Crippen LogP contribution in [0.5, 0.6) is 11.5 Å². The molecule has 0 saturated heterocycles. The Hall–Kier alpha value is -0.450. The maximum Gasteiger partial charge on any atom is 0.165 e. The third-order valence-corrected chi connectivity index (χ3v) is 2.79. The normalized spacial score (nSPS) is 9.78. The van der Waals surface area contributed by atoms with Gasteiger partial charge in [-0.1, -0.05) is 29.8 Å². The molecule has 1 N–H and O–H groups in total. The van der Waals surface area contributed by atoms with E-state index in [1.807, 2.05) is 6.07 Å². The molecule has 0 fully saturated rings. The van der Waals surface area contributed by atoms with Crippen LogP contribution >= 0.6 is 28.3 Å². The Morgan fingerprint density at radius 2 is 2.00 bits per heavy atom. The predicted octanol–water partition coefficient (Wildman–Crippen LogP) is 3.78. The first kappa shape index (κ1) is 17.6. The van der Waals surface area contributed by atoms with Gasteiger partial charge in [0.25, 0.3) is 0 Å². The van der Waals surface area contributed by atoms with E-state index < -0.39 is 0 Å². The van der Waals surface area contributed by atoms with Crippen LogP contribution in [0.3, 0.4) is 0 Å². The lowest BCUT2D eigenvalue weighted by atomic mass is 10.2.